The summed E-state index contributed by atoms with van der Waals surface area (Å²) in [6.07, 6.45) is 1.30. The molecule has 1 aliphatic rings. The molecule has 0 amide bonds. The molecule has 0 atom stereocenters. The Balaban J connectivity index is 2.15. The summed E-state index contributed by atoms with van der Waals surface area (Å²) in [4.78, 5) is 8.79. The number of nitrogens with zero attached hydrogens (tertiary/aromatic N) is 3. The van der Waals surface area contributed by atoms with Crippen LogP contribution in [0.3, 0.4) is 0 Å². The lowest BCUT2D eigenvalue weighted by Crippen LogP contribution is -2.44. The number of rotatable bonds is 3. The quantitative estimate of drug-likeness (QED) is 0.851. The average Bonchev–Trinajstić information content (AvgIpc) is 2.35. The molecule has 1 saturated heterocycles. The molecule has 0 spiro atoms. The van der Waals surface area contributed by atoms with E-state index in [1.165, 1.54) is 6.20 Å². The molecule has 0 aromatic carbocycles. The van der Waals surface area contributed by atoms with Gasteiger partial charge in [0.15, 0.2) is 0 Å². The summed E-state index contributed by atoms with van der Waals surface area (Å²) in [5, 5.41) is 0.494. The van der Waals surface area contributed by atoms with Crippen molar-refractivity contribution in [1.29, 1.82) is 0 Å². The van der Waals surface area contributed by atoms with Crippen LogP contribution in [-0.4, -0.2) is 48.0 Å². The number of halogens is 2. The molecule has 19 heavy (non-hydrogen) atoms. The van der Waals surface area contributed by atoms with Crippen LogP contribution >= 0.6 is 11.6 Å². The molecule has 2 heterocycles. The van der Waals surface area contributed by atoms with E-state index in [0.29, 0.717) is 17.1 Å². The Morgan fingerprint density at radius 3 is 2.53 bits per heavy atom. The van der Waals surface area contributed by atoms with Gasteiger partial charge < -0.3 is 4.90 Å². The highest BCUT2D eigenvalue weighted by molar-refractivity contribution is 6.32. The van der Waals surface area contributed by atoms with Gasteiger partial charge in [-0.2, -0.15) is 0 Å². The smallest absolute Gasteiger partial charge is 0.146 e. The third-order valence-electron chi connectivity index (χ3n) is 3.63. The summed E-state index contributed by atoms with van der Waals surface area (Å²) >= 11 is 6.32. The fourth-order valence-electron chi connectivity index (χ4n) is 2.38. The van der Waals surface area contributed by atoms with Crippen molar-refractivity contribution in [2.24, 2.45) is 0 Å². The van der Waals surface area contributed by atoms with Crippen LogP contribution < -0.4 is 0 Å². The number of hydrogen-bond donors (Lipinski definition) is 0. The molecule has 0 unspecified atom stereocenters. The normalized spacial score (nSPS) is 18.2. The van der Waals surface area contributed by atoms with E-state index in [9.17, 15) is 4.39 Å². The predicted molar refractivity (Wildman–Crippen MR) is 76.1 cm³/mol. The van der Waals surface area contributed by atoms with E-state index in [1.807, 2.05) is 13.8 Å². The van der Waals surface area contributed by atoms with Crippen LogP contribution in [0.25, 0.3) is 0 Å². The molecule has 0 saturated carbocycles. The van der Waals surface area contributed by atoms with E-state index in [-0.39, 0.29) is 11.7 Å². The van der Waals surface area contributed by atoms with Gasteiger partial charge in [0.2, 0.25) is 0 Å². The van der Waals surface area contributed by atoms with Crippen molar-refractivity contribution in [3.8, 4) is 0 Å². The van der Waals surface area contributed by atoms with Crippen LogP contribution in [0.5, 0.6) is 0 Å². The van der Waals surface area contributed by atoms with Crippen molar-refractivity contribution < 1.29 is 4.39 Å². The van der Waals surface area contributed by atoms with Crippen molar-refractivity contribution in [3.63, 3.8) is 0 Å². The Labute approximate surface area is 119 Å². The minimum absolute atomic E-state index is 0.0711. The molecule has 1 aromatic rings. The van der Waals surface area contributed by atoms with Crippen molar-refractivity contribution in [1.82, 2.24) is 14.8 Å². The Kier molecular flexibility index (Phi) is 4.76. The topological polar surface area (TPSA) is 19.4 Å². The standard InChI is InChI=1S/C14H21ClFN3/c1-10(2)13-11(16)8-17-12(14(13)15)9-19-6-4-18(3)5-7-19/h8,10H,4-7,9H2,1-3H3. The van der Waals surface area contributed by atoms with Crippen molar-refractivity contribution >= 4 is 11.6 Å². The lowest BCUT2D eigenvalue weighted by molar-refractivity contribution is 0.147. The monoisotopic (exact) mass is 285 g/mol. The SMILES string of the molecule is CC(C)c1c(F)cnc(CN2CCN(C)CC2)c1Cl. The van der Waals surface area contributed by atoms with Gasteiger partial charge in [-0.25, -0.2) is 4.39 Å². The molecular formula is C14H21ClFN3. The maximum Gasteiger partial charge on any atom is 0.146 e. The van der Waals surface area contributed by atoms with E-state index < -0.39 is 0 Å². The largest absolute Gasteiger partial charge is 0.304 e. The zero-order valence-electron chi connectivity index (χ0n) is 11.8. The molecule has 2 rings (SSSR count). The molecule has 0 radical (unpaired) electrons. The fraction of sp³-hybridized carbons (Fsp3) is 0.643. The Bertz CT molecular complexity index is 443. The van der Waals surface area contributed by atoms with Crippen LogP contribution in [-0.2, 0) is 6.54 Å². The molecule has 1 fully saturated rings. The Morgan fingerprint density at radius 1 is 1.32 bits per heavy atom. The molecule has 1 aliphatic heterocycles. The zero-order chi connectivity index (χ0) is 14.0. The second kappa shape index (κ2) is 6.16. The second-order valence-electron chi connectivity index (χ2n) is 5.51. The highest BCUT2D eigenvalue weighted by Crippen LogP contribution is 2.29. The first-order valence-electron chi connectivity index (χ1n) is 6.72. The predicted octanol–water partition coefficient (Wildman–Crippen LogP) is 2.74. The van der Waals surface area contributed by atoms with Crippen LogP contribution in [0.2, 0.25) is 5.02 Å². The summed E-state index contributed by atoms with van der Waals surface area (Å²) in [5.74, 6) is -0.233. The van der Waals surface area contributed by atoms with Gasteiger partial charge in [0.1, 0.15) is 5.82 Å². The first-order chi connectivity index (χ1) is 8.99. The first kappa shape index (κ1) is 14.7. The first-order valence-corrected chi connectivity index (χ1v) is 7.10. The average molecular weight is 286 g/mol. The fourth-order valence-corrected chi connectivity index (χ4v) is 2.80. The lowest BCUT2D eigenvalue weighted by Gasteiger charge is -2.32. The molecule has 1 aromatic heterocycles. The van der Waals surface area contributed by atoms with Crippen LogP contribution in [0, 0.1) is 5.82 Å². The number of aromatic nitrogens is 1. The number of pyridine rings is 1. The van der Waals surface area contributed by atoms with E-state index in [1.54, 1.807) is 0 Å². The minimum Gasteiger partial charge on any atom is -0.304 e. The maximum atomic E-state index is 13.7. The Hall–Kier alpha value is -0.710. The third-order valence-corrected chi connectivity index (χ3v) is 4.05. The van der Waals surface area contributed by atoms with Gasteiger partial charge in [-0.05, 0) is 13.0 Å². The third kappa shape index (κ3) is 3.44. The molecule has 5 heteroatoms. The zero-order valence-corrected chi connectivity index (χ0v) is 12.5. The summed E-state index contributed by atoms with van der Waals surface area (Å²) in [6.45, 7) is 8.71. The van der Waals surface area contributed by atoms with Crippen LogP contribution in [0.1, 0.15) is 31.0 Å². The molecular weight excluding hydrogens is 265 g/mol. The van der Waals surface area contributed by atoms with Crippen LogP contribution in [0.4, 0.5) is 4.39 Å². The number of piperazine rings is 1. The molecule has 0 N–H and O–H groups in total. The van der Waals surface area contributed by atoms with Gasteiger partial charge in [0, 0.05) is 38.3 Å². The number of likely N-dealkylation sites (N-methyl/N-ethyl adjacent to an activating group) is 1. The Morgan fingerprint density at radius 2 is 1.95 bits per heavy atom. The van der Waals surface area contributed by atoms with Crippen molar-refractivity contribution in [3.05, 3.63) is 28.3 Å². The summed E-state index contributed by atoms with van der Waals surface area (Å²) < 4.78 is 13.7. The summed E-state index contributed by atoms with van der Waals surface area (Å²) in [7, 11) is 2.12. The summed E-state index contributed by atoms with van der Waals surface area (Å²) in [5.41, 5.74) is 1.37. The van der Waals surface area contributed by atoms with E-state index in [4.69, 9.17) is 11.6 Å². The second-order valence-corrected chi connectivity index (χ2v) is 5.89. The van der Waals surface area contributed by atoms with Gasteiger partial charge >= 0.3 is 0 Å². The highest BCUT2D eigenvalue weighted by Gasteiger charge is 2.20. The highest BCUT2D eigenvalue weighted by atomic mass is 35.5. The van der Waals surface area contributed by atoms with Gasteiger partial charge in [-0.1, -0.05) is 25.4 Å². The summed E-state index contributed by atoms with van der Waals surface area (Å²) in [6, 6.07) is 0. The number of hydrogen-bond acceptors (Lipinski definition) is 3. The molecule has 3 nitrogen and oxygen atoms in total. The van der Waals surface area contributed by atoms with Crippen molar-refractivity contribution in [2.45, 2.75) is 26.3 Å². The van der Waals surface area contributed by atoms with E-state index in [2.05, 4.69) is 21.8 Å². The maximum absolute atomic E-state index is 13.7. The van der Waals surface area contributed by atoms with E-state index in [0.717, 1.165) is 31.9 Å². The minimum atomic E-state index is -0.304. The molecule has 0 bridgehead atoms. The molecule has 106 valence electrons. The molecule has 0 aliphatic carbocycles. The van der Waals surface area contributed by atoms with Crippen molar-refractivity contribution in [2.75, 3.05) is 33.2 Å². The van der Waals surface area contributed by atoms with Gasteiger partial charge in [-0.3, -0.25) is 9.88 Å². The lowest BCUT2D eigenvalue weighted by atomic mass is 10.0. The van der Waals surface area contributed by atoms with Gasteiger partial charge in [0.05, 0.1) is 16.9 Å². The van der Waals surface area contributed by atoms with E-state index >= 15 is 0 Å². The van der Waals surface area contributed by atoms with Gasteiger partial charge in [0.25, 0.3) is 0 Å². The van der Waals surface area contributed by atoms with Gasteiger partial charge in [-0.15, -0.1) is 0 Å². The van der Waals surface area contributed by atoms with Crippen LogP contribution in [0.15, 0.2) is 6.20 Å².